The fraction of sp³-hybridized carbons (Fsp3) is 0.316. The van der Waals surface area contributed by atoms with Crippen molar-refractivity contribution in [2.75, 3.05) is 5.75 Å². The zero-order chi connectivity index (χ0) is 18.8. The Morgan fingerprint density at radius 2 is 2.11 bits per heavy atom. The van der Waals surface area contributed by atoms with Crippen molar-refractivity contribution in [1.82, 2.24) is 15.1 Å². The van der Waals surface area contributed by atoms with Crippen molar-refractivity contribution in [2.45, 2.75) is 37.6 Å². The van der Waals surface area contributed by atoms with Crippen LogP contribution in [-0.2, 0) is 11.3 Å². The molecule has 2 aromatic heterocycles. The van der Waals surface area contributed by atoms with E-state index < -0.39 is 0 Å². The van der Waals surface area contributed by atoms with Crippen molar-refractivity contribution in [3.8, 4) is 11.5 Å². The molecule has 1 saturated carbocycles. The molecule has 1 amide bonds. The number of hydrogen-bond acceptors (Lipinski definition) is 6. The third kappa shape index (κ3) is 4.05. The molecule has 0 saturated heterocycles. The predicted molar refractivity (Wildman–Crippen MR) is 97.4 cm³/mol. The van der Waals surface area contributed by atoms with Gasteiger partial charge < -0.3 is 13.7 Å². The molecule has 0 N–H and O–H groups in total. The minimum absolute atomic E-state index is 0.0648. The number of aryl methyl sites for hydroxylation is 1. The van der Waals surface area contributed by atoms with Crippen LogP contribution in [0.3, 0.4) is 0 Å². The van der Waals surface area contributed by atoms with Crippen molar-refractivity contribution in [1.29, 1.82) is 0 Å². The molecule has 27 heavy (non-hydrogen) atoms. The minimum atomic E-state index is -0.291. The molecule has 4 rings (SSSR count). The predicted octanol–water partition coefficient (Wildman–Crippen LogP) is 4.06. The number of amides is 1. The van der Waals surface area contributed by atoms with E-state index in [1.807, 2.05) is 6.92 Å². The van der Waals surface area contributed by atoms with Gasteiger partial charge in [-0.15, -0.1) is 10.2 Å². The quantitative estimate of drug-likeness (QED) is 0.569. The molecule has 0 spiro atoms. The van der Waals surface area contributed by atoms with Crippen molar-refractivity contribution in [2.24, 2.45) is 0 Å². The third-order valence-electron chi connectivity index (χ3n) is 4.42. The number of aromatic nitrogens is 2. The average molecular weight is 387 g/mol. The Bertz CT molecular complexity index is 951. The molecule has 140 valence electrons. The van der Waals surface area contributed by atoms with E-state index in [4.69, 9.17) is 8.83 Å². The van der Waals surface area contributed by atoms with Crippen LogP contribution in [-0.4, -0.2) is 32.8 Å². The van der Waals surface area contributed by atoms with Crippen LogP contribution in [0.1, 0.15) is 24.2 Å². The number of furan rings is 1. The number of carbonyl (C=O) groups excluding carboxylic acids is 1. The summed E-state index contributed by atoms with van der Waals surface area (Å²) in [6.07, 6.45) is 3.46. The molecule has 3 aromatic rings. The van der Waals surface area contributed by atoms with E-state index in [2.05, 4.69) is 10.2 Å². The molecule has 8 heteroatoms. The Kier molecular flexibility index (Phi) is 4.98. The molecule has 6 nitrogen and oxygen atoms in total. The molecule has 1 aliphatic rings. The summed E-state index contributed by atoms with van der Waals surface area (Å²) >= 11 is 1.18. The lowest BCUT2D eigenvalue weighted by molar-refractivity contribution is -0.129. The highest BCUT2D eigenvalue weighted by Gasteiger charge is 2.33. The first-order chi connectivity index (χ1) is 13.1. The van der Waals surface area contributed by atoms with Gasteiger partial charge in [0.05, 0.1) is 17.6 Å². The lowest BCUT2D eigenvalue weighted by atomic mass is 10.2. The Hall–Kier alpha value is -2.61. The lowest BCUT2D eigenvalue weighted by Gasteiger charge is -2.22. The largest absolute Gasteiger partial charge is 0.469 e. The van der Waals surface area contributed by atoms with Crippen LogP contribution in [0.25, 0.3) is 11.5 Å². The highest BCUT2D eigenvalue weighted by atomic mass is 32.2. The number of thioether (sulfide) groups is 1. The van der Waals surface area contributed by atoms with Gasteiger partial charge in [-0.2, -0.15) is 0 Å². The number of nitrogens with zero attached hydrogens (tertiary/aromatic N) is 3. The Morgan fingerprint density at radius 3 is 2.81 bits per heavy atom. The van der Waals surface area contributed by atoms with Crippen LogP contribution >= 0.6 is 11.8 Å². The molecule has 0 atom stereocenters. The summed E-state index contributed by atoms with van der Waals surface area (Å²) in [5.41, 5.74) is 1.26. The number of benzene rings is 1. The maximum Gasteiger partial charge on any atom is 0.277 e. The Morgan fingerprint density at radius 1 is 1.30 bits per heavy atom. The van der Waals surface area contributed by atoms with Crippen LogP contribution in [0.5, 0.6) is 0 Å². The first kappa shape index (κ1) is 17.8. The summed E-state index contributed by atoms with van der Waals surface area (Å²) in [6.45, 7) is 2.09. The molecule has 1 fully saturated rings. The zero-order valence-electron chi connectivity index (χ0n) is 14.7. The van der Waals surface area contributed by atoms with Crippen molar-refractivity contribution in [3.63, 3.8) is 0 Å². The van der Waals surface area contributed by atoms with Gasteiger partial charge in [-0.05, 0) is 31.9 Å². The summed E-state index contributed by atoms with van der Waals surface area (Å²) in [7, 11) is 0. The molecule has 0 radical (unpaired) electrons. The van der Waals surface area contributed by atoms with E-state index in [0.29, 0.717) is 22.4 Å². The third-order valence-corrected chi connectivity index (χ3v) is 5.22. The average Bonchev–Trinajstić information content (AvgIpc) is 3.24. The first-order valence-electron chi connectivity index (χ1n) is 8.65. The van der Waals surface area contributed by atoms with Crippen LogP contribution in [0.2, 0.25) is 0 Å². The second-order valence-electron chi connectivity index (χ2n) is 6.40. The summed E-state index contributed by atoms with van der Waals surface area (Å²) < 4.78 is 24.8. The van der Waals surface area contributed by atoms with Gasteiger partial charge in [0.2, 0.25) is 5.91 Å². The number of rotatable bonds is 7. The molecule has 1 aliphatic carbocycles. The number of hydrogen-bond donors (Lipinski definition) is 0. The molecule has 0 aliphatic heterocycles. The van der Waals surface area contributed by atoms with Gasteiger partial charge in [-0.3, -0.25) is 4.79 Å². The van der Waals surface area contributed by atoms with E-state index in [0.717, 1.165) is 18.4 Å². The van der Waals surface area contributed by atoms with Gasteiger partial charge in [-0.1, -0.05) is 30.0 Å². The Balaban J connectivity index is 1.40. The van der Waals surface area contributed by atoms with E-state index >= 15 is 0 Å². The van der Waals surface area contributed by atoms with E-state index in [-0.39, 0.29) is 30.1 Å². The van der Waals surface area contributed by atoms with Crippen molar-refractivity contribution in [3.05, 3.63) is 53.7 Å². The topological polar surface area (TPSA) is 72.4 Å². The highest BCUT2D eigenvalue weighted by Crippen LogP contribution is 2.31. The fourth-order valence-corrected chi connectivity index (χ4v) is 3.46. The zero-order valence-corrected chi connectivity index (χ0v) is 15.5. The molecule has 0 unspecified atom stereocenters. The van der Waals surface area contributed by atoms with Gasteiger partial charge in [0, 0.05) is 18.2 Å². The number of halogens is 1. The summed E-state index contributed by atoms with van der Waals surface area (Å²) in [6, 6.07) is 8.49. The first-order valence-corrected chi connectivity index (χ1v) is 9.64. The maximum absolute atomic E-state index is 13.9. The van der Waals surface area contributed by atoms with Gasteiger partial charge in [0.1, 0.15) is 11.6 Å². The standard InChI is InChI=1S/C19H18FN3O3S/c1-12-15(8-9-25-12)18-21-22-19(26-18)27-11-17(24)23(14-6-7-14)10-13-4-2-3-5-16(13)20/h2-5,8-9,14H,6-7,10-11H2,1H3. The van der Waals surface area contributed by atoms with Crippen LogP contribution in [0.4, 0.5) is 4.39 Å². The van der Waals surface area contributed by atoms with Gasteiger partial charge >= 0.3 is 0 Å². The lowest BCUT2D eigenvalue weighted by Crippen LogP contribution is -2.34. The van der Waals surface area contributed by atoms with Crippen molar-refractivity contribution >= 4 is 17.7 Å². The van der Waals surface area contributed by atoms with E-state index in [1.165, 1.54) is 17.8 Å². The minimum Gasteiger partial charge on any atom is -0.469 e. The van der Waals surface area contributed by atoms with Gasteiger partial charge in [-0.25, -0.2) is 4.39 Å². The van der Waals surface area contributed by atoms with Crippen LogP contribution < -0.4 is 0 Å². The van der Waals surface area contributed by atoms with Crippen LogP contribution in [0, 0.1) is 12.7 Å². The van der Waals surface area contributed by atoms with E-state index in [9.17, 15) is 9.18 Å². The molecule has 1 aromatic carbocycles. The fourth-order valence-electron chi connectivity index (χ4n) is 2.81. The molecule has 2 heterocycles. The van der Waals surface area contributed by atoms with Crippen molar-refractivity contribution < 1.29 is 18.0 Å². The SMILES string of the molecule is Cc1occc1-c1nnc(SCC(=O)N(Cc2ccccc2F)C2CC2)o1. The van der Waals surface area contributed by atoms with Gasteiger partial charge in [0.25, 0.3) is 11.1 Å². The highest BCUT2D eigenvalue weighted by molar-refractivity contribution is 7.99. The molecule has 0 bridgehead atoms. The van der Waals surface area contributed by atoms with E-state index in [1.54, 1.807) is 35.4 Å². The normalized spacial score (nSPS) is 13.7. The monoisotopic (exact) mass is 387 g/mol. The molecular formula is C19H18FN3O3S. The summed E-state index contributed by atoms with van der Waals surface area (Å²) in [5.74, 6) is 0.861. The number of carbonyl (C=O) groups is 1. The Labute approximate surface area is 159 Å². The summed E-state index contributed by atoms with van der Waals surface area (Å²) in [4.78, 5) is 14.4. The summed E-state index contributed by atoms with van der Waals surface area (Å²) in [5, 5.41) is 8.29. The van der Waals surface area contributed by atoms with Crippen LogP contribution in [0.15, 0.2) is 50.7 Å². The second-order valence-corrected chi connectivity index (χ2v) is 7.32. The smallest absolute Gasteiger partial charge is 0.277 e. The van der Waals surface area contributed by atoms with Gasteiger partial charge in [0.15, 0.2) is 0 Å². The molecular weight excluding hydrogens is 369 g/mol. The second kappa shape index (κ2) is 7.56. The maximum atomic E-state index is 13.9.